The Morgan fingerprint density at radius 3 is 2.83 bits per heavy atom. The van der Waals surface area contributed by atoms with Crippen LogP contribution in [-0.4, -0.2) is 24.9 Å². The Morgan fingerprint density at radius 1 is 1.13 bits per heavy atom. The Bertz CT molecular complexity index is 793. The molecule has 164 valence electrons. The van der Waals surface area contributed by atoms with Crippen LogP contribution in [-0.2, 0) is 16.0 Å². The molecule has 2 saturated carbocycles. The average molecular weight is 412 g/mol. The number of nitrogens with one attached hydrogen (secondary N) is 2. The highest BCUT2D eigenvalue weighted by atomic mass is 16.2. The molecule has 1 aromatic rings. The van der Waals surface area contributed by atoms with E-state index >= 15 is 0 Å². The standard InChI is InChI=1S/C25H37N3O2/c1-25-11-4-5-22(25)21-8-6-17-15-18(7-9-19(17)20(21)10-12-25)28-24(30)16-23(29)27-14-3-2-13-26/h7,9,15,20-22H,2-6,8,10-14,16,26H2,1H3,(H,27,29)(H,28,30)/t20?,21?,22?,25-/m0/s1. The van der Waals surface area contributed by atoms with E-state index in [0.29, 0.717) is 24.4 Å². The van der Waals surface area contributed by atoms with Gasteiger partial charge in [-0.2, -0.15) is 0 Å². The van der Waals surface area contributed by atoms with E-state index in [-0.39, 0.29) is 18.2 Å². The smallest absolute Gasteiger partial charge is 0.233 e. The molecule has 4 atom stereocenters. The van der Waals surface area contributed by atoms with Crippen molar-refractivity contribution >= 4 is 17.5 Å². The lowest BCUT2D eigenvalue weighted by Crippen LogP contribution is -2.39. The molecule has 5 heteroatoms. The normalized spacial score (nSPS) is 29.5. The van der Waals surface area contributed by atoms with Crippen molar-refractivity contribution in [3.05, 3.63) is 29.3 Å². The van der Waals surface area contributed by atoms with E-state index in [9.17, 15) is 9.59 Å². The SMILES string of the molecule is C[C@@]12CCCC1C1CCc3cc(NC(=O)CC(=O)NCCCCN)ccc3C1CC2. The summed E-state index contributed by atoms with van der Waals surface area (Å²) in [4.78, 5) is 24.2. The van der Waals surface area contributed by atoms with Gasteiger partial charge >= 0.3 is 0 Å². The summed E-state index contributed by atoms with van der Waals surface area (Å²) in [7, 11) is 0. The molecule has 1 aromatic carbocycles. The number of unbranched alkanes of at least 4 members (excludes halogenated alkanes) is 1. The minimum Gasteiger partial charge on any atom is -0.356 e. The predicted molar refractivity (Wildman–Crippen MR) is 120 cm³/mol. The number of aryl methyl sites for hydroxylation is 1. The highest BCUT2D eigenvalue weighted by molar-refractivity contribution is 6.03. The van der Waals surface area contributed by atoms with Crippen LogP contribution in [0.2, 0.25) is 0 Å². The number of hydrogen-bond donors (Lipinski definition) is 3. The van der Waals surface area contributed by atoms with Crippen LogP contribution < -0.4 is 16.4 Å². The molecule has 4 N–H and O–H groups in total. The van der Waals surface area contributed by atoms with Crippen LogP contribution in [0.1, 0.15) is 81.8 Å². The number of carbonyl (C=O) groups is 2. The van der Waals surface area contributed by atoms with Crippen LogP contribution in [0.4, 0.5) is 5.69 Å². The van der Waals surface area contributed by atoms with Gasteiger partial charge in [-0.3, -0.25) is 9.59 Å². The molecule has 5 nitrogen and oxygen atoms in total. The summed E-state index contributed by atoms with van der Waals surface area (Å²) in [5, 5.41) is 5.70. The zero-order chi connectivity index (χ0) is 21.1. The summed E-state index contributed by atoms with van der Waals surface area (Å²) in [6, 6.07) is 6.41. The summed E-state index contributed by atoms with van der Waals surface area (Å²) in [5.41, 5.74) is 9.74. The van der Waals surface area contributed by atoms with Gasteiger partial charge in [-0.25, -0.2) is 0 Å². The number of anilines is 1. The van der Waals surface area contributed by atoms with Gasteiger partial charge in [0.25, 0.3) is 0 Å². The molecule has 0 aromatic heterocycles. The number of rotatable bonds is 7. The van der Waals surface area contributed by atoms with Crippen molar-refractivity contribution in [2.24, 2.45) is 23.0 Å². The summed E-state index contributed by atoms with van der Waals surface area (Å²) < 4.78 is 0. The van der Waals surface area contributed by atoms with Gasteiger partial charge in [0, 0.05) is 12.2 Å². The topological polar surface area (TPSA) is 84.2 Å². The first-order valence-electron chi connectivity index (χ1n) is 11.9. The first-order chi connectivity index (χ1) is 14.5. The molecule has 0 heterocycles. The van der Waals surface area contributed by atoms with E-state index < -0.39 is 0 Å². The zero-order valence-electron chi connectivity index (χ0n) is 18.3. The van der Waals surface area contributed by atoms with Gasteiger partial charge in [0.15, 0.2) is 0 Å². The van der Waals surface area contributed by atoms with Gasteiger partial charge < -0.3 is 16.4 Å². The molecule has 0 bridgehead atoms. The number of amides is 2. The third-order valence-corrected chi connectivity index (χ3v) is 8.07. The van der Waals surface area contributed by atoms with Crippen LogP contribution >= 0.6 is 0 Å². The van der Waals surface area contributed by atoms with E-state index in [1.807, 2.05) is 6.07 Å². The van der Waals surface area contributed by atoms with Gasteiger partial charge in [-0.15, -0.1) is 0 Å². The molecule has 2 amide bonds. The average Bonchev–Trinajstić information content (AvgIpc) is 3.12. The molecule has 4 rings (SSSR count). The molecule has 0 radical (unpaired) electrons. The Balaban J connectivity index is 1.35. The van der Waals surface area contributed by atoms with Crippen molar-refractivity contribution in [2.45, 2.75) is 77.0 Å². The lowest BCUT2D eigenvalue weighted by Gasteiger charge is -2.49. The van der Waals surface area contributed by atoms with Crippen molar-refractivity contribution in [1.82, 2.24) is 5.32 Å². The lowest BCUT2D eigenvalue weighted by molar-refractivity contribution is -0.126. The summed E-state index contributed by atoms with van der Waals surface area (Å²) in [5.74, 6) is 1.94. The minimum absolute atomic E-state index is 0.134. The molecule has 2 fully saturated rings. The number of hydrogen-bond acceptors (Lipinski definition) is 3. The second-order valence-corrected chi connectivity index (χ2v) is 9.98. The summed E-state index contributed by atoms with van der Waals surface area (Å²) in [6.07, 6.45) is 10.9. The molecule has 3 aliphatic carbocycles. The Labute approximate surface area is 180 Å². The highest BCUT2D eigenvalue weighted by Gasteiger charge is 2.50. The summed E-state index contributed by atoms with van der Waals surface area (Å²) in [6.45, 7) is 3.73. The molecule has 0 saturated heterocycles. The maximum atomic E-state index is 12.3. The van der Waals surface area contributed by atoms with Gasteiger partial charge in [-0.1, -0.05) is 19.4 Å². The zero-order valence-corrected chi connectivity index (χ0v) is 18.3. The number of benzene rings is 1. The Morgan fingerprint density at radius 2 is 2.00 bits per heavy atom. The van der Waals surface area contributed by atoms with E-state index in [2.05, 4.69) is 29.7 Å². The molecule has 30 heavy (non-hydrogen) atoms. The van der Waals surface area contributed by atoms with Crippen LogP contribution in [0.3, 0.4) is 0 Å². The first kappa shape index (κ1) is 21.4. The van der Waals surface area contributed by atoms with Crippen molar-refractivity contribution in [3.8, 4) is 0 Å². The van der Waals surface area contributed by atoms with Crippen molar-refractivity contribution in [3.63, 3.8) is 0 Å². The molecule has 3 aliphatic rings. The summed E-state index contributed by atoms with van der Waals surface area (Å²) >= 11 is 0. The molecule has 0 spiro atoms. The maximum Gasteiger partial charge on any atom is 0.233 e. The lowest BCUT2D eigenvalue weighted by atomic mass is 9.56. The van der Waals surface area contributed by atoms with Gasteiger partial charge in [-0.05, 0) is 104 Å². The third kappa shape index (κ3) is 4.41. The van der Waals surface area contributed by atoms with Crippen LogP contribution in [0.25, 0.3) is 0 Å². The van der Waals surface area contributed by atoms with E-state index in [1.165, 1.54) is 49.7 Å². The monoisotopic (exact) mass is 411 g/mol. The van der Waals surface area contributed by atoms with Crippen LogP contribution in [0.5, 0.6) is 0 Å². The second-order valence-electron chi connectivity index (χ2n) is 9.98. The van der Waals surface area contributed by atoms with Crippen molar-refractivity contribution in [1.29, 1.82) is 0 Å². The molecule has 3 unspecified atom stereocenters. The fourth-order valence-electron chi connectivity index (χ4n) is 6.56. The van der Waals surface area contributed by atoms with Crippen LogP contribution in [0.15, 0.2) is 18.2 Å². The number of fused-ring (bicyclic) bond motifs is 5. The highest BCUT2D eigenvalue weighted by Crippen LogP contribution is 2.60. The fraction of sp³-hybridized carbons (Fsp3) is 0.680. The molecule has 0 aliphatic heterocycles. The van der Waals surface area contributed by atoms with Crippen molar-refractivity contribution < 1.29 is 9.59 Å². The largest absolute Gasteiger partial charge is 0.356 e. The van der Waals surface area contributed by atoms with E-state index in [1.54, 1.807) is 0 Å². The van der Waals surface area contributed by atoms with E-state index in [0.717, 1.165) is 36.8 Å². The predicted octanol–water partition coefficient (Wildman–Crippen LogP) is 4.12. The Kier molecular flexibility index (Phi) is 6.47. The maximum absolute atomic E-state index is 12.3. The number of nitrogens with two attached hydrogens (primary N) is 1. The minimum atomic E-state index is -0.251. The second kappa shape index (κ2) is 9.09. The molecular formula is C25H37N3O2. The van der Waals surface area contributed by atoms with Crippen LogP contribution in [0, 0.1) is 17.3 Å². The van der Waals surface area contributed by atoms with Gasteiger partial charge in [0.05, 0.1) is 0 Å². The third-order valence-electron chi connectivity index (χ3n) is 8.07. The van der Waals surface area contributed by atoms with Gasteiger partial charge in [0.1, 0.15) is 6.42 Å². The molecular weight excluding hydrogens is 374 g/mol. The number of carbonyl (C=O) groups excluding carboxylic acids is 2. The van der Waals surface area contributed by atoms with E-state index in [4.69, 9.17) is 5.73 Å². The van der Waals surface area contributed by atoms with Crippen molar-refractivity contribution in [2.75, 3.05) is 18.4 Å². The quantitative estimate of drug-likeness (QED) is 0.466. The Hall–Kier alpha value is -1.88. The van der Waals surface area contributed by atoms with Gasteiger partial charge in [0.2, 0.25) is 11.8 Å². The first-order valence-corrected chi connectivity index (χ1v) is 11.9. The fourth-order valence-corrected chi connectivity index (χ4v) is 6.56.